The maximum absolute atomic E-state index is 12.7. The topological polar surface area (TPSA) is 80.3 Å². The van der Waals surface area contributed by atoms with Crippen LogP contribution < -0.4 is 0 Å². The van der Waals surface area contributed by atoms with Crippen LogP contribution in [0.5, 0.6) is 0 Å². The van der Waals surface area contributed by atoms with Gasteiger partial charge >= 0.3 is 0 Å². The summed E-state index contributed by atoms with van der Waals surface area (Å²) in [5.41, 5.74) is 1.27. The Hall–Kier alpha value is -3.00. The zero-order chi connectivity index (χ0) is 17.8. The molecule has 8 heteroatoms. The van der Waals surface area contributed by atoms with Crippen LogP contribution >= 0.6 is 0 Å². The molecule has 4 rings (SSSR count). The highest BCUT2D eigenvalue weighted by atomic mass is 16.5. The van der Waals surface area contributed by atoms with Gasteiger partial charge in [0.2, 0.25) is 0 Å². The van der Waals surface area contributed by atoms with E-state index in [0.29, 0.717) is 24.5 Å². The minimum absolute atomic E-state index is 0.0770. The number of aromatic nitrogens is 4. The normalized spacial score (nSPS) is 15.3. The summed E-state index contributed by atoms with van der Waals surface area (Å²) in [7, 11) is 0. The number of carbonyl (C=O) groups is 1. The summed E-state index contributed by atoms with van der Waals surface area (Å²) in [5.74, 6) is 0.535. The van der Waals surface area contributed by atoms with Gasteiger partial charge in [0.05, 0.1) is 6.54 Å². The molecule has 3 aromatic rings. The molecule has 134 valence electrons. The molecule has 1 amide bonds. The molecular formula is C18H20N6O2. The quantitative estimate of drug-likeness (QED) is 0.690. The van der Waals surface area contributed by atoms with Crippen LogP contribution in [0.1, 0.15) is 10.5 Å². The predicted molar refractivity (Wildman–Crippen MR) is 94.3 cm³/mol. The molecule has 0 saturated carbocycles. The van der Waals surface area contributed by atoms with E-state index in [-0.39, 0.29) is 5.91 Å². The molecular weight excluding hydrogens is 332 g/mol. The van der Waals surface area contributed by atoms with Gasteiger partial charge in [-0.05, 0) is 0 Å². The molecule has 3 heterocycles. The van der Waals surface area contributed by atoms with Crippen LogP contribution in [-0.4, -0.2) is 68.4 Å². The standard InChI is InChI=1S/C18H20N6O2/c25-18(16-12-17(26-21-16)15-4-2-1-3-5-15)23-9-6-22(7-10-23)8-11-24-14-19-13-20-24/h1-5,12-14H,6-11H2. The van der Waals surface area contributed by atoms with E-state index in [1.807, 2.05) is 39.9 Å². The highest BCUT2D eigenvalue weighted by molar-refractivity contribution is 5.93. The fourth-order valence-corrected chi connectivity index (χ4v) is 3.04. The van der Waals surface area contributed by atoms with Gasteiger partial charge in [0.15, 0.2) is 11.5 Å². The largest absolute Gasteiger partial charge is 0.355 e. The Morgan fingerprint density at radius 1 is 1.08 bits per heavy atom. The first-order valence-corrected chi connectivity index (χ1v) is 8.66. The molecule has 1 aromatic carbocycles. The van der Waals surface area contributed by atoms with Gasteiger partial charge in [0, 0.05) is 44.4 Å². The maximum atomic E-state index is 12.7. The fourth-order valence-electron chi connectivity index (χ4n) is 3.04. The van der Waals surface area contributed by atoms with E-state index < -0.39 is 0 Å². The summed E-state index contributed by atoms with van der Waals surface area (Å²) in [6.45, 7) is 4.74. The lowest BCUT2D eigenvalue weighted by atomic mass is 10.1. The smallest absolute Gasteiger partial charge is 0.276 e. The molecule has 1 fully saturated rings. The summed E-state index contributed by atoms with van der Waals surface area (Å²) in [6, 6.07) is 11.4. The van der Waals surface area contributed by atoms with E-state index in [4.69, 9.17) is 4.52 Å². The molecule has 0 atom stereocenters. The molecule has 26 heavy (non-hydrogen) atoms. The van der Waals surface area contributed by atoms with Gasteiger partial charge in [-0.3, -0.25) is 14.4 Å². The van der Waals surface area contributed by atoms with Gasteiger partial charge in [-0.2, -0.15) is 5.10 Å². The highest BCUT2D eigenvalue weighted by Gasteiger charge is 2.24. The van der Waals surface area contributed by atoms with Crippen molar-refractivity contribution in [3.63, 3.8) is 0 Å². The van der Waals surface area contributed by atoms with Gasteiger partial charge in [-0.25, -0.2) is 4.98 Å². The lowest BCUT2D eigenvalue weighted by Crippen LogP contribution is -2.49. The first-order valence-electron chi connectivity index (χ1n) is 8.66. The SMILES string of the molecule is O=C(c1cc(-c2ccccc2)on1)N1CCN(CCn2cncn2)CC1. The summed E-state index contributed by atoms with van der Waals surface area (Å²) in [4.78, 5) is 20.8. The zero-order valence-electron chi connectivity index (χ0n) is 14.4. The summed E-state index contributed by atoms with van der Waals surface area (Å²) in [5, 5.41) is 8.06. The average Bonchev–Trinajstić information content (AvgIpc) is 3.39. The summed E-state index contributed by atoms with van der Waals surface area (Å²) < 4.78 is 7.16. The number of amides is 1. The van der Waals surface area contributed by atoms with Crippen LogP contribution in [0.15, 0.2) is 53.6 Å². The minimum Gasteiger partial charge on any atom is -0.355 e. The van der Waals surface area contributed by atoms with Gasteiger partial charge < -0.3 is 9.42 Å². The second-order valence-electron chi connectivity index (χ2n) is 6.23. The third-order valence-corrected chi connectivity index (χ3v) is 4.56. The predicted octanol–water partition coefficient (Wildman–Crippen LogP) is 1.39. The first-order chi connectivity index (χ1) is 12.8. The molecule has 0 spiro atoms. The van der Waals surface area contributed by atoms with Gasteiger partial charge in [-0.15, -0.1) is 0 Å². The monoisotopic (exact) mass is 352 g/mol. The molecule has 0 N–H and O–H groups in total. The number of nitrogens with zero attached hydrogens (tertiary/aromatic N) is 6. The third kappa shape index (κ3) is 3.65. The van der Waals surface area contributed by atoms with Gasteiger partial charge in [0.25, 0.3) is 5.91 Å². The van der Waals surface area contributed by atoms with Crippen molar-refractivity contribution in [2.24, 2.45) is 0 Å². The number of rotatable bonds is 5. The number of hydrogen-bond acceptors (Lipinski definition) is 6. The Morgan fingerprint density at radius 2 is 1.88 bits per heavy atom. The van der Waals surface area contributed by atoms with Crippen LogP contribution in [0.2, 0.25) is 0 Å². The van der Waals surface area contributed by atoms with Crippen molar-refractivity contribution in [1.29, 1.82) is 0 Å². The van der Waals surface area contributed by atoms with Crippen molar-refractivity contribution >= 4 is 5.91 Å². The van der Waals surface area contributed by atoms with E-state index in [2.05, 4.69) is 20.1 Å². The van der Waals surface area contributed by atoms with Crippen molar-refractivity contribution < 1.29 is 9.32 Å². The Bertz CT molecular complexity index is 838. The van der Waals surface area contributed by atoms with E-state index in [9.17, 15) is 4.79 Å². The summed E-state index contributed by atoms with van der Waals surface area (Å²) in [6.07, 6.45) is 3.26. The summed E-state index contributed by atoms with van der Waals surface area (Å²) >= 11 is 0. The molecule has 1 aliphatic rings. The van der Waals surface area contributed by atoms with E-state index in [0.717, 1.165) is 31.7 Å². The second kappa shape index (κ2) is 7.49. The Balaban J connectivity index is 1.31. The van der Waals surface area contributed by atoms with Gasteiger partial charge in [0.1, 0.15) is 12.7 Å². The zero-order valence-corrected chi connectivity index (χ0v) is 14.4. The van der Waals surface area contributed by atoms with Crippen LogP contribution in [-0.2, 0) is 6.54 Å². The molecule has 0 bridgehead atoms. The van der Waals surface area contributed by atoms with Crippen molar-refractivity contribution in [2.75, 3.05) is 32.7 Å². The molecule has 0 radical (unpaired) electrons. The molecule has 2 aromatic heterocycles. The highest BCUT2D eigenvalue weighted by Crippen LogP contribution is 2.20. The minimum atomic E-state index is -0.0770. The van der Waals surface area contributed by atoms with Crippen molar-refractivity contribution in [3.8, 4) is 11.3 Å². The van der Waals surface area contributed by atoms with Crippen molar-refractivity contribution in [1.82, 2.24) is 29.7 Å². The lowest BCUT2D eigenvalue weighted by molar-refractivity contribution is 0.0622. The molecule has 0 aliphatic carbocycles. The van der Waals surface area contributed by atoms with Crippen molar-refractivity contribution in [3.05, 3.63) is 54.7 Å². The number of benzene rings is 1. The van der Waals surface area contributed by atoms with Crippen LogP contribution in [0.25, 0.3) is 11.3 Å². The Morgan fingerprint density at radius 3 is 2.62 bits per heavy atom. The fraction of sp³-hybridized carbons (Fsp3) is 0.333. The molecule has 8 nitrogen and oxygen atoms in total. The number of hydrogen-bond donors (Lipinski definition) is 0. The molecule has 0 unspecified atom stereocenters. The second-order valence-corrected chi connectivity index (χ2v) is 6.23. The van der Waals surface area contributed by atoms with E-state index in [1.165, 1.54) is 6.33 Å². The third-order valence-electron chi connectivity index (χ3n) is 4.56. The average molecular weight is 352 g/mol. The van der Waals surface area contributed by atoms with Crippen molar-refractivity contribution in [2.45, 2.75) is 6.54 Å². The Kier molecular flexibility index (Phi) is 4.74. The number of carbonyl (C=O) groups excluding carboxylic acids is 1. The first kappa shape index (κ1) is 16.5. The van der Waals surface area contributed by atoms with Crippen LogP contribution in [0, 0.1) is 0 Å². The van der Waals surface area contributed by atoms with Gasteiger partial charge in [-0.1, -0.05) is 35.5 Å². The van der Waals surface area contributed by atoms with Crippen LogP contribution in [0.3, 0.4) is 0 Å². The number of piperazine rings is 1. The Labute approximate surface area is 151 Å². The van der Waals surface area contributed by atoms with Crippen LogP contribution in [0.4, 0.5) is 0 Å². The lowest BCUT2D eigenvalue weighted by Gasteiger charge is -2.34. The van der Waals surface area contributed by atoms with E-state index in [1.54, 1.807) is 12.4 Å². The van der Waals surface area contributed by atoms with E-state index >= 15 is 0 Å². The maximum Gasteiger partial charge on any atom is 0.276 e. The molecule has 1 saturated heterocycles. The molecule has 1 aliphatic heterocycles.